The summed E-state index contributed by atoms with van der Waals surface area (Å²) in [5.41, 5.74) is 4.98. The smallest absolute Gasteiger partial charge is 0.0447 e. The van der Waals surface area contributed by atoms with Gasteiger partial charge >= 0.3 is 0 Å². The van der Waals surface area contributed by atoms with Gasteiger partial charge in [0.15, 0.2) is 0 Å². The van der Waals surface area contributed by atoms with E-state index >= 15 is 0 Å². The Bertz CT molecular complexity index is 553. The van der Waals surface area contributed by atoms with Crippen molar-refractivity contribution in [1.29, 1.82) is 0 Å². The zero-order valence-electron chi connectivity index (χ0n) is 9.83. The van der Waals surface area contributed by atoms with E-state index in [4.69, 9.17) is 11.6 Å². The van der Waals surface area contributed by atoms with Crippen molar-refractivity contribution in [1.82, 2.24) is 0 Å². The second-order valence-electron chi connectivity index (χ2n) is 4.76. The lowest BCUT2D eigenvalue weighted by Crippen LogP contribution is -1.89. The highest BCUT2D eigenvalue weighted by Crippen LogP contribution is 2.47. The molecule has 1 saturated carbocycles. The van der Waals surface area contributed by atoms with Crippen molar-refractivity contribution in [3.63, 3.8) is 0 Å². The van der Waals surface area contributed by atoms with Gasteiger partial charge in [-0.25, -0.2) is 0 Å². The highest BCUT2D eigenvalue weighted by Gasteiger charge is 2.28. The van der Waals surface area contributed by atoms with Crippen LogP contribution in [0.15, 0.2) is 36.4 Å². The third-order valence-corrected chi connectivity index (χ3v) is 3.61. The first-order valence-electron chi connectivity index (χ1n) is 6.03. The van der Waals surface area contributed by atoms with Crippen molar-refractivity contribution in [3.8, 4) is 11.1 Å². The third-order valence-electron chi connectivity index (χ3n) is 3.28. The van der Waals surface area contributed by atoms with E-state index in [0.717, 1.165) is 5.02 Å². The molecule has 85 valence electrons. The molecule has 0 aromatic heterocycles. The van der Waals surface area contributed by atoms with E-state index in [1.807, 2.05) is 12.1 Å². The summed E-state index contributed by atoms with van der Waals surface area (Å²) >= 11 is 6.33. The predicted molar refractivity (Wildman–Crippen MR) is 72.4 cm³/mol. The summed E-state index contributed by atoms with van der Waals surface area (Å²) in [5, 5.41) is 0.891. The first-order valence-corrected chi connectivity index (χ1v) is 6.40. The van der Waals surface area contributed by atoms with Gasteiger partial charge in [-0.3, -0.25) is 0 Å². The molecule has 1 radical (unpaired) electrons. The van der Waals surface area contributed by atoms with Gasteiger partial charge in [0.05, 0.1) is 0 Å². The molecule has 3 rings (SSSR count). The highest BCUT2D eigenvalue weighted by molar-refractivity contribution is 6.31. The average Bonchev–Trinajstić information content (AvgIpc) is 3.12. The van der Waals surface area contributed by atoms with Gasteiger partial charge in [-0.1, -0.05) is 47.5 Å². The Morgan fingerprint density at radius 1 is 1.24 bits per heavy atom. The maximum atomic E-state index is 6.33. The average molecular weight is 242 g/mol. The molecule has 0 nitrogen and oxygen atoms in total. The van der Waals surface area contributed by atoms with E-state index in [1.54, 1.807) is 0 Å². The molecule has 0 bridgehead atoms. The molecule has 0 heterocycles. The van der Waals surface area contributed by atoms with Gasteiger partial charge in [0.25, 0.3) is 0 Å². The zero-order chi connectivity index (χ0) is 11.8. The second-order valence-corrected chi connectivity index (χ2v) is 5.17. The number of aryl methyl sites for hydroxylation is 1. The minimum absolute atomic E-state index is 0.649. The fourth-order valence-corrected chi connectivity index (χ4v) is 2.61. The number of hydrogen-bond donors (Lipinski definition) is 0. The molecule has 2 aromatic rings. The van der Waals surface area contributed by atoms with Crippen LogP contribution in [0.25, 0.3) is 11.1 Å². The topological polar surface area (TPSA) is 0 Å². The minimum atomic E-state index is 0.649. The third kappa shape index (κ3) is 2.10. The number of halogens is 1. The Morgan fingerprint density at radius 2 is 2.06 bits per heavy atom. The molecular formula is C16H14Cl. The molecule has 0 N–H and O–H groups in total. The standard InChI is InChI=1S/C16H14Cl/c1-11-4-2-5-13(10-11)14-6-3-7-15(17)16(14)12-8-9-12/h2-5,7,10,12H,8-9H2,1H3. The van der Waals surface area contributed by atoms with Crippen LogP contribution in [-0.2, 0) is 0 Å². The zero-order valence-corrected chi connectivity index (χ0v) is 10.6. The van der Waals surface area contributed by atoms with Crippen LogP contribution in [0.4, 0.5) is 0 Å². The lowest BCUT2D eigenvalue weighted by Gasteiger charge is -2.11. The van der Waals surface area contributed by atoms with Crippen LogP contribution in [0.1, 0.15) is 29.9 Å². The second kappa shape index (κ2) is 4.19. The van der Waals surface area contributed by atoms with Crippen molar-refractivity contribution in [2.24, 2.45) is 0 Å². The fourth-order valence-electron chi connectivity index (χ4n) is 2.30. The van der Waals surface area contributed by atoms with Crippen LogP contribution in [0.3, 0.4) is 0 Å². The number of hydrogen-bond acceptors (Lipinski definition) is 0. The van der Waals surface area contributed by atoms with Crippen LogP contribution >= 0.6 is 11.6 Å². The summed E-state index contributed by atoms with van der Waals surface area (Å²) in [6, 6.07) is 15.8. The van der Waals surface area contributed by atoms with Crippen LogP contribution in [0.2, 0.25) is 5.02 Å². The van der Waals surface area contributed by atoms with Crippen LogP contribution in [0.5, 0.6) is 0 Å². The molecule has 0 spiro atoms. The van der Waals surface area contributed by atoms with Crippen molar-refractivity contribution in [2.45, 2.75) is 25.7 Å². The SMILES string of the molecule is Cc1cccc(-c2[c]ccc(Cl)c2C2CC2)c1. The van der Waals surface area contributed by atoms with Crippen molar-refractivity contribution >= 4 is 11.6 Å². The van der Waals surface area contributed by atoms with E-state index in [2.05, 4.69) is 37.3 Å². The molecule has 0 amide bonds. The molecule has 0 unspecified atom stereocenters. The Morgan fingerprint density at radius 3 is 2.76 bits per heavy atom. The van der Waals surface area contributed by atoms with E-state index in [0.29, 0.717) is 5.92 Å². The number of rotatable bonds is 2. The fraction of sp³-hybridized carbons (Fsp3) is 0.250. The Balaban J connectivity index is 2.17. The van der Waals surface area contributed by atoms with E-state index in [-0.39, 0.29) is 0 Å². The summed E-state index contributed by atoms with van der Waals surface area (Å²) < 4.78 is 0. The van der Waals surface area contributed by atoms with Gasteiger partial charge in [0.1, 0.15) is 0 Å². The van der Waals surface area contributed by atoms with E-state index in [9.17, 15) is 0 Å². The van der Waals surface area contributed by atoms with E-state index < -0.39 is 0 Å². The van der Waals surface area contributed by atoms with Gasteiger partial charge in [-0.15, -0.1) is 0 Å². The molecule has 0 saturated heterocycles. The molecule has 0 aliphatic heterocycles. The molecular weight excluding hydrogens is 228 g/mol. The molecule has 0 atom stereocenters. The quantitative estimate of drug-likeness (QED) is 0.695. The van der Waals surface area contributed by atoms with Gasteiger partial charge < -0.3 is 0 Å². The van der Waals surface area contributed by atoms with Gasteiger partial charge in [0, 0.05) is 5.02 Å². The minimum Gasteiger partial charge on any atom is -0.0840 e. The molecule has 1 fully saturated rings. The summed E-state index contributed by atoms with van der Waals surface area (Å²) in [5.74, 6) is 0.649. The van der Waals surface area contributed by atoms with E-state index in [1.165, 1.54) is 35.1 Å². The molecule has 17 heavy (non-hydrogen) atoms. The first-order chi connectivity index (χ1) is 8.25. The van der Waals surface area contributed by atoms with Crippen molar-refractivity contribution in [2.75, 3.05) is 0 Å². The highest BCUT2D eigenvalue weighted by atomic mass is 35.5. The summed E-state index contributed by atoms with van der Waals surface area (Å²) in [4.78, 5) is 0. The Labute approximate surface area is 107 Å². The lowest BCUT2D eigenvalue weighted by atomic mass is 9.96. The molecule has 2 aromatic carbocycles. The van der Waals surface area contributed by atoms with Crippen LogP contribution in [0, 0.1) is 13.0 Å². The Kier molecular flexibility index (Phi) is 2.68. The van der Waals surface area contributed by atoms with Crippen LogP contribution < -0.4 is 0 Å². The van der Waals surface area contributed by atoms with Gasteiger partial charge in [-0.05, 0) is 54.5 Å². The van der Waals surface area contributed by atoms with Crippen molar-refractivity contribution < 1.29 is 0 Å². The maximum absolute atomic E-state index is 6.33. The monoisotopic (exact) mass is 241 g/mol. The molecule has 1 aliphatic rings. The lowest BCUT2D eigenvalue weighted by molar-refractivity contribution is 1.13. The van der Waals surface area contributed by atoms with Crippen LogP contribution in [-0.4, -0.2) is 0 Å². The number of benzene rings is 2. The predicted octanol–water partition coefficient (Wildman–Crippen LogP) is 4.99. The largest absolute Gasteiger partial charge is 0.0840 e. The molecule has 1 heteroatoms. The maximum Gasteiger partial charge on any atom is 0.0447 e. The Hall–Kier alpha value is -1.27. The summed E-state index contributed by atoms with van der Waals surface area (Å²) in [6.07, 6.45) is 2.52. The van der Waals surface area contributed by atoms with Crippen molar-refractivity contribution in [3.05, 3.63) is 58.6 Å². The summed E-state index contributed by atoms with van der Waals surface area (Å²) in [6.45, 7) is 2.12. The van der Waals surface area contributed by atoms with Gasteiger partial charge in [0.2, 0.25) is 0 Å². The normalized spacial score (nSPS) is 14.9. The molecule has 1 aliphatic carbocycles. The van der Waals surface area contributed by atoms with Gasteiger partial charge in [-0.2, -0.15) is 0 Å². The first kappa shape index (κ1) is 10.9. The summed E-state index contributed by atoms with van der Waals surface area (Å²) in [7, 11) is 0.